The summed E-state index contributed by atoms with van der Waals surface area (Å²) in [5.74, 6) is -0.358. The van der Waals surface area contributed by atoms with Gasteiger partial charge in [-0.25, -0.2) is 18.7 Å². The van der Waals surface area contributed by atoms with Gasteiger partial charge in [0.1, 0.15) is 5.82 Å². The van der Waals surface area contributed by atoms with Crippen molar-refractivity contribution in [1.29, 1.82) is 0 Å². The Bertz CT molecular complexity index is 1400. The fourth-order valence-corrected chi connectivity index (χ4v) is 4.60. The van der Waals surface area contributed by atoms with E-state index in [0.717, 1.165) is 25.7 Å². The average Bonchev–Trinajstić information content (AvgIpc) is 3.41. The van der Waals surface area contributed by atoms with E-state index in [1.54, 1.807) is 47.0 Å². The standard InChI is InChI=1S/C23H20ClFN4O2/c24-16-7-5-10-18(12-16)28-21-20(22(30)29(23(28)31)17-8-2-3-9-17)27(14-26-21)13-15-6-1-4-11-19(15)25/h1,4-7,10-12,14,17H,2-3,8-9,13H2. The van der Waals surface area contributed by atoms with E-state index in [0.29, 0.717) is 16.3 Å². The predicted octanol–water partition coefficient (Wildman–Crippen LogP) is 4.30. The van der Waals surface area contributed by atoms with Crippen LogP contribution < -0.4 is 11.2 Å². The van der Waals surface area contributed by atoms with E-state index in [2.05, 4.69) is 4.98 Å². The van der Waals surface area contributed by atoms with Crippen LogP contribution in [0.2, 0.25) is 5.02 Å². The van der Waals surface area contributed by atoms with Crippen molar-refractivity contribution < 1.29 is 4.39 Å². The molecular weight excluding hydrogens is 419 g/mol. The molecule has 8 heteroatoms. The second kappa shape index (κ2) is 7.81. The van der Waals surface area contributed by atoms with E-state index < -0.39 is 5.69 Å². The highest BCUT2D eigenvalue weighted by atomic mass is 35.5. The van der Waals surface area contributed by atoms with Gasteiger partial charge in [0.2, 0.25) is 0 Å². The molecule has 5 rings (SSSR count). The minimum atomic E-state index is -0.428. The maximum absolute atomic E-state index is 14.3. The van der Waals surface area contributed by atoms with Gasteiger partial charge in [-0.05, 0) is 37.1 Å². The van der Waals surface area contributed by atoms with Crippen molar-refractivity contribution in [1.82, 2.24) is 18.7 Å². The second-order valence-corrected chi connectivity index (χ2v) is 8.28. The third-order valence-electron chi connectivity index (χ3n) is 5.90. The fraction of sp³-hybridized carbons (Fsp3) is 0.261. The molecule has 0 amide bonds. The first kappa shape index (κ1) is 19.8. The van der Waals surface area contributed by atoms with Gasteiger partial charge in [0.15, 0.2) is 11.2 Å². The first-order valence-corrected chi connectivity index (χ1v) is 10.6. The number of halogens is 2. The van der Waals surface area contributed by atoms with Crippen LogP contribution >= 0.6 is 11.6 Å². The van der Waals surface area contributed by atoms with Crippen LogP contribution in [0.3, 0.4) is 0 Å². The quantitative estimate of drug-likeness (QED) is 0.477. The van der Waals surface area contributed by atoms with Crippen LogP contribution in [-0.4, -0.2) is 18.7 Å². The van der Waals surface area contributed by atoms with Crippen molar-refractivity contribution in [2.75, 3.05) is 0 Å². The fourth-order valence-electron chi connectivity index (χ4n) is 4.42. The van der Waals surface area contributed by atoms with E-state index in [4.69, 9.17) is 11.6 Å². The van der Waals surface area contributed by atoms with Crippen LogP contribution in [0, 0.1) is 5.82 Å². The third kappa shape index (κ3) is 3.39. The lowest BCUT2D eigenvalue weighted by Gasteiger charge is -2.17. The first-order valence-electron chi connectivity index (χ1n) is 10.3. The van der Waals surface area contributed by atoms with E-state index in [1.165, 1.54) is 21.5 Å². The Morgan fingerprint density at radius 2 is 1.84 bits per heavy atom. The number of aromatic nitrogens is 4. The van der Waals surface area contributed by atoms with Gasteiger partial charge < -0.3 is 4.57 Å². The third-order valence-corrected chi connectivity index (χ3v) is 6.14. The maximum Gasteiger partial charge on any atom is 0.337 e. The van der Waals surface area contributed by atoms with Crippen molar-refractivity contribution in [2.45, 2.75) is 38.3 Å². The molecule has 1 saturated carbocycles. The monoisotopic (exact) mass is 438 g/mol. The van der Waals surface area contributed by atoms with Gasteiger partial charge in [-0.15, -0.1) is 0 Å². The molecule has 0 N–H and O–H groups in total. The molecule has 0 spiro atoms. The molecule has 0 unspecified atom stereocenters. The SMILES string of the molecule is O=c1c2c(ncn2Cc2ccccc2F)n(-c2cccc(Cl)c2)c(=O)n1C1CCCC1. The molecular formula is C23H20ClFN4O2. The number of fused-ring (bicyclic) bond motifs is 1. The van der Waals surface area contributed by atoms with Gasteiger partial charge in [-0.2, -0.15) is 0 Å². The molecule has 1 aliphatic rings. The van der Waals surface area contributed by atoms with Gasteiger partial charge in [-0.1, -0.05) is 48.7 Å². The Hall–Kier alpha value is -3.19. The maximum atomic E-state index is 14.3. The van der Waals surface area contributed by atoms with Gasteiger partial charge in [0.25, 0.3) is 5.56 Å². The molecule has 31 heavy (non-hydrogen) atoms. The Kier molecular flexibility index (Phi) is 4.98. The summed E-state index contributed by atoms with van der Waals surface area (Å²) in [7, 11) is 0. The van der Waals surface area contributed by atoms with Crippen molar-refractivity contribution >= 4 is 22.8 Å². The number of hydrogen-bond donors (Lipinski definition) is 0. The molecule has 0 saturated heterocycles. The summed E-state index contributed by atoms with van der Waals surface area (Å²) in [4.78, 5) is 31.4. The highest BCUT2D eigenvalue weighted by Gasteiger charge is 2.26. The average molecular weight is 439 g/mol. The zero-order valence-corrected chi connectivity index (χ0v) is 17.4. The van der Waals surface area contributed by atoms with Crippen LogP contribution in [0.5, 0.6) is 0 Å². The van der Waals surface area contributed by atoms with Gasteiger partial charge in [0, 0.05) is 16.6 Å². The Morgan fingerprint density at radius 1 is 1.06 bits per heavy atom. The molecule has 2 heterocycles. The summed E-state index contributed by atoms with van der Waals surface area (Å²) >= 11 is 6.18. The summed E-state index contributed by atoms with van der Waals surface area (Å²) in [5.41, 5.74) is 0.666. The van der Waals surface area contributed by atoms with Crippen LogP contribution in [0.15, 0.2) is 64.4 Å². The topological polar surface area (TPSA) is 61.8 Å². The Labute approximate surface area is 182 Å². The lowest BCUT2D eigenvalue weighted by molar-refractivity contribution is 0.474. The molecule has 0 bridgehead atoms. The van der Waals surface area contributed by atoms with E-state index >= 15 is 0 Å². The predicted molar refractivity (Wildman–Crippen MR) is 118 cm³/mol. The number of imidazole rings is 1. The molecule has 0 aliphatic heterocycles. The molecule has 1 fully saturated rings. The highest BCUT2D eigenvalue weighted by Crippen LogP contribution is 2.28. The first-order chi connectivity index (χ1) is 15.0. The van der Waals surface area contributed by atoms with Crippen molar-refractivity contribution in [3.8, 4) is 5.69 Å². The van der Waals surface area contributed by atoms with E-state index in [-0.39, 0.29) is 35.1 Å². The Morgan fingerprint density at radius 3 is 2.58 bits per heavy atom. The van der Waals surface area contributed by atoms with Crippen molar-refractivity contribution in [3.63, 3.8) is 0 Å². The number of benzene rings is 2. The minimum Gasteiger partial charge on any atom is -0.320 e. The number of nitrogens with zero attached hydrogens (tertiary/aromatic N) is 4. The zero-order chi connectivity index (χ0) is 21.5. The molecule has 4 aromatic rings. The summed E-state index contributed by atoms with van der Waals surface area (Å²) in [6.45, 7) is 0.136. The van der Waals surface area contributed by atoms with Crippen LogP contribution in [0.4, 0.5) is 4.39 Å². The summed E-state index contributed by atoms with van der Waals surface area (Å²) in [6.07, 6.45) is 4.98. The molecule has 0 radical (unpaired) electrons. The molecule has 2 aromatic carbocycles. The van der Waals surface area contributed by atoms with Crippen molar-refractivity contribution in [3.05, 3.63) is 92.1 Å². The number of hydrogen-bond acceptors (Lipinski definition) is 3. The largest absolute Gasteiger partial charge is 0.337 e. The lowest BCUT2D eigenvalue weighted by Crippen LogP contribution is -2.41. The summed E-state index contributed by atoms with van der Waals surface area (Å²) in [5, 5.41) is 0.474. The molecule has 2 aromatic heterocycles. The van der Waals surface area contributed by atoms with E-state index in [9.17, 15) is 14.0 Å². The van der Waals surface area contributed by atoms with Gasteiger partial charge in [0.05, 0.1) is 18.6 Å². The van der Waals surface area contributed by atoms with Crippen LogP contribution in [0.25, 0.3) is 16.9 Å². The Balaban J connectivity index is 1.80. The molecule has 158 valence electrons. The van der Waals surface area contributed by atoms with E-state index in [1.807, 2.05) is 0 Å². The lowest BCUT2D eigenvalue weighted by atomic mass is 10.2. The van der Waals surface area contributed by atoms with Crippen LogP contribution in [-0.2, 0) is 6.54 Å². The minimum absolute atomic E-state index is 0.136. The van der Waals surface area contributed by atoms with Gasteiger partial charge >= 0.3 is 5.69 Å². The normalized spacial score (nSPS) is 14.5. The summed E-state index contributed by atoms with van der Waals surface area (Å²) < 4.78 is 18.7. The molecule has 6 nitrogen and oxygen atoms in total. The smallest absolute Gasteiger partial charge is 0.320 e. The molecule has 1 aliphatic carbocycles. The van der Waals surface area contributed by atoms with Gasteiger partial charge in [-0.3, -0.25) is 9.36 Å². The second-order valence-electron chi connectivity index (χ2n) is 7.85. The highest BCUT2D eigenvalue weighted by molar-refractivity contribution is 6.30. The zero-order valence-electron chi connectivity index (χ0n) is 16.7. The van der Waals surface area contributed by atoms with Crippen molar-refractivity contribution in [2.24, 2.45) is 0 Å². The number of rotatable bonds is 4. The van der Waals surface area contributed by atoms with Crippen LogP contribution in [0.1, 0.15) is 37.3 Å². The molecule has 0 atom stereocenters. The summed E-state index contributed by atoms with van der Waals surface area (Å²) in [6, 6.07) is 13.1.